The SMILES string of the molecule is CCCCCCOC(=O)c1cc(N(CC)CC)c(O)c(C(=O)c2ccccc2)c1Cc1ccccc1. The molecule has 3 aromatic rings. The summed E-state index contributed by atoms with van der Waals surface area (Å²) in [5.41, 5.74) is 2.83. The zero-order valence-electron chi connectivity index (χ0n) is 21.6. The Balaban J connectivity index is 2.17. The zero-order valence-corrected chi connectivity index (χ0v) is 21.6. The van der Waals surface area contributed by atoms with Crippen LogP contribution in [-0.4, -0.2) is 36.6 Å². The molecule has 0 aromatic heterocycles. The molecule has 0 aliphatic heterocycles. The number of phenols is 1. The summed E-state index contributed by atoms with van der Waals surface area (Å²) >= 11 is 0. The second-order valence-corrected chi connectivity index (χ2v) is 8.87. The van der Waals surface area contributed by atoms with E-state index in [0.717, 1.165) is 31.2 Å². The smallest absolute Gasteiger partial charge is 0.338 e. The Hall–Kier alpha value is -3.60. The Kier molecular flexibility index (Phi) is 10.1. The fraction of sp³-hybridized carbons (Fsp3) is 0.355. The summed E-state index contributed by atoms with van der Waals surface area (Å²) in [7, 11) is 0. The lowest BCUT2D eigenvalue weighted by Gasteiger charge is -2.26. The number of benzene rings is 3. The highest BCUT2D eigenvalue weighted by Gasteiger charge is 2.29. The third-order valence-corrected chi connectivity index (χ3v) is 6.43. The van der Waals surface area contributed by atoms with E-state index in [-0.39, 0.29) is 17.1 Å². The Morgan fingerprint density at radius 2 is 1.50 bits per heavy atom. The topological polar surface area (TPSA) is 66.8 Å². The molecule has 190 valence electrons. The third-order valence-electron chi connectivity index (χ3n) is 6.43. The quantitative estimate of drug-likeness (QED) is 0.163. The summed E-state index contributed by atoms with van der Waals surface area (Å²) in [6.07, 6.45) is 4.31. The van der Waals surface area contributed by atoms with Crippen LogP contribution in [0.3, 0.4) is 0 Å². The van der Waals surface area contributed by atoms with Crippen molar-refractivity contribution >= 4 is 17.4 Å². The zero-order chi connectivity index (χ0) is 25.9. The predicted molar refractivity (Wildman–Crippen MR) is 145 cm³/mol. The Labute approximate surface area is 214 Å². The van der Waals surface area contributed by atoms with Crippen molar-refractivity contribution in [1.29, 1.82) is 0 Å². The van der Waals surface area contributed by atoms with E-state index in [2.05, 4.69) is 6.92 Å². The monoisotopic (exact) mass is 487 g/mol. The number of carbonyl (C=O) groups is 2. The van der Waals surface area contributed by atoms with Crippen molar-refractivity contribution in [2.24, 2.45) is 0 Å². The highest BCUT2D eigenvalue weighted by molar-refractivity contribution is 6.14. The van der Waals surface area contributed by atoms with E-state index >= 15 is 0 Å². The highest BCUT2D eigenvalue weighted by Crippen LogP contribution is 2.38. The average Bonchev–Trinajstić information content (AvgIpc) is 2.91. The van der Waals surface area contributed by atoms with E-state index in [9.17, 15) is 14.7 Å². The summed E-state index contributed by atoms with van der Waals surface area (Å²) in [6, 6.07) is 20.2. The van der Waals surface area contributed by atoms with Crippen molar-refractivity contribution < 1.29 is 19.4 Å². The van der Waals surface area contributed by atoms with Crippen molar-refractivity contribution in [3.05, 3.63) is 94.5 Å². The van der Waals surface area contributed by atoms with Crippen molar-refractivity contribution in [3.8, 4) is 5.75 Å². The lowest BCUT2D eigenvalue weighted by atomic mass is 9.88. The van der Waals surface area contributed by atoms with Crippen LogP contribution < -0.4 is 4.90 Å². The molecule has 3 rings (SSSR count). The third kappa shape index (κ3) is 6.54. The molecule has 3 aromatic carbocycles. The van der Waals surface area contributed by atoms with Crippen LogP contribution >= 0.6 is 0 Å². The molecule has 0 radical (unpaired) electrons. The minimum atomic E-state index is -0.465. The number of nitrogens with zero attached hydrogens (tertiary/aromatic N) is 1. The maximum absolute atomic E-state index is 13.8. The second-order valence-electron chi connectivity index (χ2n) is 8.87. The summed E-state index contributed by atoms with van der Waals surface area (Å²) in [5, 5.41) is 11.5. The molecule has 36 heavy (non-hydrogen) atoms. The molecule has 0 amide bonds. The molecule has 0 unspecified atom stereocenters. The largest absolute Gasteiger partial charge is 0.505 e. The van der Waals surface area contributed by atoms with E-state index in [1.54, 1.807) is 30.3 Å². The number of hydrogen-bond donors (Lipinski definition) is 1. The molecule has 0 bridgehead atoms. The van der Waals surface area contributed by atoms with E-state index in [1.165, 1.54) is 0 Å². The highest BCUT2D eigenvalue weighted by atomic mass is 16.5. The Morgan fingerprint density at radius 3 is 2.11 bits per heavy atom. The second kappa shape index (κ2) is 13.5. The molecule has 5 nitrogen and oxygen atoms in total. The summed E-state index contributed by atoms with van der Waals surface area (Å²) in [6.45, 7) is 7.65. The van der Waals surface area contributed by atoms with Gasteiger partial charge in [-0.25, -0.2) is 4.79 Å². The number of ether oxygens (including phenoxy) is 1. The van der Waals surface area contributed by atoms with E-state index in [1.807, 2.05) is 55.1 Å². The van der Waals surface area contributed by atoms with Gasteiger partial charge < -0.3 is 14.7 Å². The molecule has 0 atom stereocenters. The lowest BCUT2D eigenvalue weighted by molar-refractivity contribution is 0.0496. The summed E-state index contributed by atoms with van der Waals surface area (Å²) in [5.74, 6) is -0.879. The fourth-order valence-corrected chi connectivity index (χ4v) is 4.42. The summed E-state index contributed by atoms with van der Waals surface area (Å²) in [4.78, 5) is 29.2. The number of unbranched alkanes of at least 4 members (excludes halogenated alkanes) is 3. The van der Waals surface area contributed by atoms with Gasteiger partial charge in [-0.3, -0.25) is 4.79 Å². The Morgan fingerprint density at radius 1 is 0.861 bits per heavy atom. The van der Waals surface area contributed by atoms with Gasteiger partial charge in [0.1, 0.15) is 5.75 Å². The molecule has 0 aliphatic rings. The fourth-order valence-electron chi connectivity index (χ4n) is 4.42. The first-order valence-corrected chi connectivity index (χ1v) is 13.0. The average molecular weight is 488 g/mol. The molecule has 0 spiro atoms. The molecule has 0 aliphatic carbocycles. The number of aromatic hydroxyl groups is 1. The van der Waals surface area contributed by atoms with Gasteiger partial charge in [-0.1, -0.05) is 86.8 Å². The normalized spacial score (nSPS) is 10.8. The molecule has 0 saturated carbocycles. The molecular weight excluding hydrogens is 450 g/mol. The molecule has 0 saturated heterocycles. The number of phenolic OH excluding ortho intramolecular Hbond substituents is 1. The minimum Gasteiger partial charge on any atom is -0.505 e. The van der Waals surface area contributed by atoms with Crippen LogP contribution in [0.1, 0.15) is 83.9 Å². The molecular formula is C31H37NO4. The van der Waals surface area contributed by atoms with Crippen molar-refractivity contribution in [2.45, 2.75) is 52.9 Å². The van der Waals surface area contributed by atoms with Crippen molar-refractivity contribution in [2.75, 3.05) is 24.6 Å². The number of esters is 1. The van der Waals surface area contributed by atoms with Gasteiger partial charge in [0.15, 0.2) is 5.78 Å². The van der Waals surface area contributed by atoms with Gasteiger partial charge in [-0.05, 0) is 43.9 Å². The molecule has 1 N–H and O–H groups in total. The predicted octanol–water partition coefficient (Wildman–Crippen LogP) is 6.80. The van der Waals surface area contributed by atoms with Crippen LogP contribution in [0.15, 0.2) is 66.7 Å². The van der Waals surface area contributed by atoms with Gasteiger partial charge >= 0.3 is 5.97 Å². The first-order chi connectivity index (χ1) is 17.5. The maximum Gasteiger partial charge on any atom is 0.338 e. The van der Waals surface area contributed by atoms with E-state index in [0.29, 0.717) is 48.5 Å². The molecule has 0 fully saturated rings. The number of rotatable bonds is 13. The standard InChI is InChI=1S/C31H37NO4/c1-4-7-8-15-20-36-31(35)26-22-27(32(5-2)6-3)30(34)28(29(33)24-18-13-10-14-19-24)25(26)21-23-16-11-9-12-17-23/h9-14,16-19,22,34H,4-8,15,20-21H2,1-3H3. The first kappa shape index (κ1) is 27.0. The van der Waals surface area contributed by atoms with Gasteiger partial charge in [0.25, 0.3) is 0 Å². The van der Waals surface area contributed by atoms with Crippen molar-refractivity contribution in [3.63, 3.8) is 0 Å². The maximum atomic E-state index is 13.8. The molecule has 0 heterocycles. The van der Waals surface area contributed by atoms with E-state index < -0.39 is 5.97 Å². The van der Waals surface area contributed by atoms with Crippen LogP contribution in [0.5, 0.6) is 5.75 Å². The number of anilines is 1. The Bertz CT molecular complexity index is 1140. The van der Waals surface area contributed by atoms with Crippen LogP contribution in [-0.2, 0) is 11.2 Å². The van der Waals surface area contributed by atoms with Gasteiger partial charge in [0.05, 0.1) is 23.4 Å². The van der Waals surface area contributed by atoms with Crippen LogP contribution in [0.25, 0.3) is 0 Å². The number of ketones is 1. The summed E-state index contributed by atoms with van der Waals surface area (Å²) < 4.78 is 5.68. The van der Waals surface area contributed by atoms with Gasteiger partial charge in [0.2, 0.25) is 0 Å². The van der Waals surface area contributed by atoms with Crippen molar-refractivity contribution in [1.82, 2.24) is 0 Å². The molecule has 5 heteroatoms. The lowest BCUT2D eigenvalue weighted by Crippen LogP contribution is -2.24. The minimum absolute atomic E-state index is 0.0991. The van der Waals surface area contributed by atoms with Gasteiger partial charge in [-0.15, -0.1) is 0 Å². The van der Waals surface area contributed by atoms with E-state index in [4.69, 9.17) is 4.74 Å². The van der Waals surface area contributed by atoms with Gasteiger partial charge in [0, 0.05) is 18.7 Å². The van der Waals surface area contributed by atoms with Crippen LogP contribution in [0.2, 0.25) is 0 Å². The number of carbonyl (C=O) groups excluding carboxylic acids is 2. The number of hydrogen-bond acceptors (Lipinski definition) is 5. The van der Waals surface area contributed by atoms with Crippen LogP contribution in [0, 0.1) is 0 Å². The van der Waals surface area contributed by atoms with Crippen LogP contribution in [0.4, 0.5) is 5.69 Å². The first-order valence-electron chi connectivity index (χ1n) is 13.0. The van der Waals surface area contributed by atoms with Gasteiger partial charge in [-0.2, -0.15) is 0 Å².